The molecule has 1 aliphatic rings. The van der Waals surface area contributed by atoms with Crippen molar-refractivity contribution in [3.8, 4) is 6.19 Å². The number of hydrogen-bond acceptors (Lipinski definition) is 4. The molecule has 6 nitrogen and oxygen atoms in total. The number of nitrogens with one attached hydrogen (secondary N) is 1. The molecule has 2 aromatic rings. The van der Waals surface area contributed by atoms with Gasteiger partial charge in [-0.25, -0.2) is 9.98 Å². The third kappa shape index (κ3) is 4.20. The van der Waals surface area contributed by atoms with E-state index >= 15 is 0 Å². The lowest BCUT2D eigenvalue weighted by Crippen LogP contribution is -2.52. The second-order valence-electron chi connectivity index (χ2n) is 5.79. The first-order valence-electron chi connectivity index (χ1n) is 8.08. The number of hydrogen-bond donors (Lipinski definition) is 1. The summed E-state index contributed by atoms with van der Waals surface area (Å²) >= 11 is 6.23. The van der Waals surface area contributed by atoms with E-state index in [9.17, 15) is 0 Å². The van der Waals surface area contributed by atoms with Crippen LogP contribution >= 0.6 is 11.6 Å². The zero-order valence-corrected chi connectivity index (χ0v) is 14.7. The molecule has 7 heteroatoms. The summed E-state index contributed by atoms with van der Waals surface area (Å²) in [6.07, 6.45) is 3.72. The van der Waals surface area contributed by atoms with E-state index in [0.29, 0.717) is 11.0 Å². The Labute approximate surface area is 152 Å². The SMILES string of the molecule is Cc1ccc(N=C(NC#N)N2CCN(c3ncccc3Cl)CC2)cc1. The van der Waals surface area contributed by atoms with Gasteiger partial charge in [-0.3, -0.25) is 5.32 Å². The maximum atomic E-state index is 9.05. The van der Waals surface area contributed by atoms with Crippen molar-refractivity contribution in [1.29, 1.82) is 5.26 Å². The summed E-state index contributed by atoms with van der Waals surface area (Å²) < 4.78 is 0. The first-order chi connectivity index (χ1) is 12.2. The van der Waals surface area contributed by atoms with E-state index in [0.717, 1.165) is 37.7 Å². The molecule has 1 aromatic carbocycles. The largest absolute Gasteiger partial charge is 0.352 e. The number of rotatable bonds is 2. The van der Waals surface area contributed by atoms with Gasteiger partial charge < -0.3 is 9.80 Å². The zero-order valence-electron chi connectivity index (χ0n) is 14.0. The van der Waals surface area contributed by atoms with Gasteiger partial charge in [0.15, 0.2) is 6.19 Å². The fourth-order valence-electron chi connectivity index (χ4n) is 2.71. The van der Waals surface area contributed by atoms with Gasteiger partial charge in [-0.2, -0.15) is 5.26 Å². The molecule has 0 radical (unpaired) electrons. The Morgan fingerprint density at radius 1 is 1.20 bits per heavy atom. The third-order valence-electron chi connectivity index (χ3n) is 4.05. The van der Waals surface area contributed by atoms with Gasteiger partial charge in [-0.05, 0) is 31.2 Å². The molecule has 0 amide bonds. The molecule has 3 rings (SSSR count). The lowest BCUT2D eigenvalue weighted by Gasteiger charge is -2.36. The molecule has 0 spiro atoms. The summed E-state index contributed by atoms with van der Waals surface area (Å²) in [6, 6.07) is 11.6. The van der Waals surface area contributed by atoms with E-state index in [1.165, 1.54) is 5.56 Å². The Kier molecular flexibility index (Phi) is 5.36. The number of anilines is 1. The summed E-state index contributed by atoms with van der Waals surface area (Å²) in [7, 11) is 0. The van der Waals surface area contributed by atoms with Gasteiger partial charge in [0.2, 0.25) is 5.96 Å². The summed E-state index contributed by atoms with van der Waals surface area (Å²) in [5.74, 6) is 1.37. The van der Waals surface area contributed by atoms with Crippen LogP contribution < -0.4 is 10.2 Å². The number of nitrogens with zero attached hydrogens (tertiary/aromatic N) is 5. The summed E-state index contributed by atoms with van der Waals surface area (Å²) in [6.45, 7) is 5.01. The van der Waals surface area contributed by atoms with Crippen molar-refractivity contribution in [2.75, 3.05) is 31.1 Å². The van der Waals surface area contributed by atoms with Gasteiger partial charge in [0.1, 0.15) is 5.82 Å². The highest BCUT2D eigenvalue weighted by molar-refractivity contribution is 6.32. The number of aromatic nitrogens is 1. The first kappa shape index (κ1) is 17.1. The zero-order chi connectivity index (χ0) is 17.6. The normalized spacial score (nSPS) is 15.0. The van der Waals surface area contributed by atoms with Crippen LogP contribution in [0.2, 0.25) is 5.02 Å². The molecule has 128 valence electrons. The monoisotopic (exact) mass is 354 g/mol. The topological polar surface area (TPSA) is 67.6 Å². The van der Waals surface area contributed by atoms with Crippen LogP contribution in [0.3, 0.4) is 0 Å². The molecule has 1 N–H and O–H groups in total. The Morgan fingerprint density at radius 2 is 1.92 bits per heavy atom. The average molecular weight is 355 g/mol. The Bertz CT molecular complexity index is 788. The molecular weight excluding hydrogens is 336 g/mol. The van der Waals surface area contributed by atoms with Gasteiger partial charge in [-0.15, -0.1) is 0 Å². The highest BCUT2D eigenvalue weighted by atomic mass is 35.5. The van der Waals surface area contributed by atoms with Gasteiger partial charge in [0.25, 0.3) is 0 Å². The number of aryl methyl sites for hydroxylation is 1. The number of aliphatic imine (C=N–C) groups is 1. The van der Waals surface area contributed by atoms with Crippen LogP contribution in [0, 0.1) is 18.4 Å². The molecular formula is C18H19ClN6. The van der Waals surface area contributed by atoms with Crippen LogP contribution in [0.1, 0.15) is 5.56 Å². The fourth-order valence-corrected chi connectivity index (χ4v) is 2.95. The molecule has 1 fully saturated rings. The van der Waals surface area contributed by atoms with Crippen LogP contribution in [-0.4, -0.2) is 42.0 Å². The lowest BCUT2D eigenvalue weighted by atomic mass is 10.2. The van der Waals surface area contributed by atoms with Gasteiger partial charge >= 0.3 is 0 Å². The Hall–Kier alpha value is -2.78. The molecule has 1 aromatic heterocycles. The second kappa shape index (κ2) is 7.86. The minimum absolute atomic E-state index is 0.568. The molecule has 0 aliphatic carbocycles. The smallest absolute Gasteiger partial charge is 0.212 e. The first-order valence-corrected chi connectivity index (χ1v) is 8.46. The standard InChI is InChI=1S/C18H19ClN6/c1-14-4-6-15(7-5-14)23-18(22-13-20)25-11-9-24(10-12-25)17-16(19)3-2-8-21-17/h2-8H,9-12H2,1H3,(H,22,23). The van der Waals surface area contributed by atoms with E-state index in [4.69, 9.17) is 16.9 Å². The van der Waals surface area contributed by atoms with E-state index < -0.39 is 0 Å². The van der Waals surface area contributed by atoms with E-state index in [1.807, 2.05) is 49.5 Å². The van der Waals surface area contributed by atoms with E-state index in [1.54, 1.807) is 6.20 Å². The third-order valence-corrected chi connectivity index (χ3v) is 4.35. The summed E-state index contributed by atoms with van der Waals surface area (Å²) in [5, 5.41) is 12.4. The quantitative estimate of drug-likeness (QED) is 0.389. The predicted molar refractivity (Wildman–Crippen MR) is 100 cm³/mol. The highest BCUT2D eigenvalue weighted by Crippen LogP contribution is 2.23. The molecule has 0 saturated carbocycles. The summed E-state index contributed by atoms with van der Waals surface area (Å²) in [4.78, 5) is 13.2. The Morgan fingerprint density at radius 3 is 2.56 bits per heavy atom. The molecule has 1 aliphatic heterocycles. The molecule has 25 heavy (non-hydrogen) atoms. The predicted octanol–water partition coefficient (Wildman–Crippen LogP) is 2.92. The molecule has 1 saturated heterocycles. The van der Waals surface area contributed by atoms with Crippen LogP contribution in [0.25, 0.3) is 0 Å². The van der Waals surface area contributed by atoms with Crippen molar-refractivity contribution in [1.82, 2.24) is 15.2 Å². The molecule has 0 atom stereocenters. The van der Waals surface area contributed by atoms with Crippen LogP contribution in [0.5, 0.6) is 0 Å². The van der Waals surface area contributed by atoms with E-state index in [2.05, 4.69) is 25.1 Å². The van der Waals surface area contributed by atoms with Crippen molar-refractivity contribution >= 4 is 29.1 Å². The maximum Gasteiger partial charge on any atom is 0.212 e. The van der Waals surface area contributed by atoms with Crippen LogP contribution in [0.15, 0.2) is 47.6 Å². The van der Waals surface area contributed by atoms with Crippen molar-refractivity contribution < 1.29 is 0 Å². The minimum atomic E-state index is 0.568. The molecule has 0 unspecified atom stereocenters. The number of pyridine rings is 1. The highest BCUT2D eigenvalue weighted by Gasteiger charge is 2.22. The number of nitriles is 1. The maximum absolute atomic E-state index is 9.05. The van der Waals surface area contributed by atoms with Crippen molar-refractivity contribution in [3.63, 3.8) is 0 Å². The Balaban J connectivity index is 1.72. The average Bonchev–Trinajstić information content (AvgIpc) is 2.64. The number of benzene rings is 1. The number of guanidine groups is 1. The van der Waals surface area contributed by atoms with Crippen LogP contribution in [0.4, 0.5) is 11.5 Å². The fraction of sp³-hybridized carbons (Fsp3) is 0.278. The van der Waals surface area contributed by atoms with Crippen molar-refractivity contribution in [2.24, 2.45) is 4.99 Å². The number of piperazine rings is 1. The van der Waals surface area contributed by atoms with Gasteiger partial charge in [0.05, 0.1) is 10.7 Å². The van der Waals surface area contributed by atoms with Crippen LogP contribution in [-0.2, 0) is 0 Å². The number of halogens is 1. The lowest BCUT2D eigenvalue weighted by molar-refractivity contribution is 0.377. The van der Waals surface area contributed by atoms with E-state index in [-0.39, 0.29) is 0 Å². The molecule has 2 heterocycles. The van der Waals surface area contributed by atoms with Gasteiger partial charge in [0, 0.05) is 32.4 Å². The second-order valence-corrected chi connectivity index (χ2v) is 6.20. The van der Waals surface area contributed by atoms with Gasteiger partial charge in [-0.1, -0.05) is 29.3 Å². The van der Waals surface area contributed by atoms with Crippen molar-refractivity contribution in [3.05, 3.63) is 53.2 Å². The summed E-state index contributed by atoms with van der Waals surface area (Å²) in [5.41, 5.74) is 1.99. The van der Waals surface area contributed by atoms with Crippen molar-refractivity contribution in [2.45, 2.75) is 6.92 Å². The molecule has 0 bridgehead atoms. The minimum Gasteiger partial charge on any atom is -0.352 e.